The van der Waals surface area contributed by atoms with E-state index in [0.29, 0.717) is 52.4 Å². The highest BCUT2D eigenvalue weighted by molar-refractivity contribution is 6.32. The van der Waals surface area contributed by atoms with Crippen molar-refractivity contribution in [2.75, 3.05) is 13.2 Å². The fraction of sp³-hybridized carbons (Fsp3) is 0.250. The molecule has 0 unspecified atom stereocenters. The van der Waals surface area contributed by atoms with Gasteiger partial charge in [-0.15, -0.1) is 0 Å². The maximum absolute atomic E-state index is 12.5. The van der Waals surface area contributed by atoms with Gasteiger partial charge in [0.05, 0.1) is 17.0 Å². The van der Waals surface area contributed by atoms with E-state index >= 15 is 0 Å². The molecule has 7 heteroatoms. The normalized spacial score (nSPS) is 10.8. The van der Waals surface area contributed by atoms with Gasteiger partial charge in [0, 0.05) is 18.0 Å². The van der Waals surface area contributed by atoms with Crippen LogP contribution in [0.15, 0.2) is 57.8 Å². The van der Waals surface area contributed by atoms with Crippen LogP contribution < -0.4 is 15.7 Å². The Kier molecular flexibility index (Phi) is 7.02. The first kappa shape index (κ1) is 22.4. The molecular weight excluding hydrogens is 418 g/mol. The number of aryl methyl sites for hydroxylation is 1. The van der Waals surface area contributed by atoms with E-state index in [9.17, 15) is 14.7 Å². The van der Waals surface area contributed by atoms with Crippen LogP contribution in [0.5, 0.6) is 11.5 Å². The minimum atomic E-state index is -0.563. The number of phenols is 1. The molecule has 1 amide bonds. The molecule has 0 saturated carbocycles. The summed E-state index contributed by atoms with van der Waals surface area (Å²) >= 11 is 6.32. The molecule has 0 bridgehead atoms. The molecule has 2 N–H and O–H groups in total. The van der Waals surface area contributed by atoms with E-state index in [1.54, 1.807) is 43.3 Å². The number of benzene rings is 2. The van der Waals surface area contributed by atoms with Gasteiger partial charge >= 0.3 is 5.63 Å². The molecule has 3 aromatic rings. The Hall–Kier alpha value is -3.25. The number of fused-ring (bicyclic) bond motifs is 1. The summed E-state index contributed by atoms with van der Waals surface area (Å²) in [5.41, 5.74) is 2.54. The van der Waals surface area contributed by atoms with Gasteiger partial charge in [0.25, 0.3) is 0 Å². The molecule has 0 aliphatic rings. The molecule has 0 radical (unpaired) electrons. The number of hydrogen-bond acceptors (Lipinski definition) is 5. The standard InChI is InChI=1S/C24H24ClNO5/c1-14(2)13-30-22-12-21-18(10-20(22)25)15(3)19(24(29)31-21)11-23(28)26-9-8-16-4-6-17(27)7-5-16/h4-7,10,12,27H,1,8-9,11,13H2,2-3H3,(H,26,28). The van der Waals surface area contributed by atoms with Crippen LogP contribution in [0, 0.1) is 6.92 Å². The van der Waals surface area contributed by atoms with E-state index in [0.717, 1.165) is 11.1 Å². The Morgan fingerprint density at radius 1 is 1.26 bits per heavy atom. The number of carbonyl (C=O) groups excluding carboxylic acids is 1. The van der Waals surface area contributed by atoms with Crippen molar-refractivity contribution in [2.24, 2.45) is 0 Å². The van der Waals surface area contributed by atoms with E-state index in [4.69, 9.17) is 20.8 Å². The minimum absolute atomic E-state index is 0.0920. The molecule has 0 fully saturated rings. The Bertz CT molecular complexity index is 1180. The first-order valence-corrected chi connectivity index (χ1v) is 10.2. The average molecular weight is 442 g/mol. The minimum Gasteiger partial charge on any atom is -0.508 e. The zero-order valence-corrected chi connectivity index (χ0v) is 18.2. The molecule has 0 aliphatic heterocycles. The fourth-order valence-corrected chi connectivity index (χ4v) is 3.36. The van der Waals surface area contributed by atoms with Crippen molar-refractivity contribution in [3.8, 4) is 11.5 Å². The lowest BCUT2D eigenvalue weighted by Crippen LogP contribution is -2.29. The third kappa shape index (κ3) is 5.67. The van der Waals surface area contributed by atoms with Gasteiger partial charge in [0.15, 0.2) is 0 Å². The highest BCUT2D eigenvalue weighted by Gasteiger charge is 2.17. The Labute approximate surface area is 185 Å². The molecule has 3 rings (SSSR count). The largest absolute Gasteiger partial charge is 0.508 e. The van der Waals surface area contributed by atoms with Gasteiger partial charge in [-0.05, 0) is 55.2 Å². The Balaban J connectivity index is 1.73. The van der Waals surface area contributed by atoms with E-state index in [1.807, 2.05) is 6.92 Å². The van der Waals surface area contributed by atoms with Gasteiger partial charge in [-0.25, -0.2) is 4.79 Å². The smallest absolute Gasteiger partial charge is 0.340 e. The number of nitrogens with one attached hydrogen (secondary N) is 1. The zero-order chi connectivity index (χ0) is 22.5. The predicted molar refractivity (Wildman–Crippen MR) is 121 cm³/mol. The Morgan fingerprint density at radius 2 is 1.97 bits per heavy atom. The third-order valence-corrected chi connectivity index (χ3v) is 5.12. The number of carbonyl (C=O) groups is 1. The number of aromatic hydroxyl groups is 1. The van der Waals surface area contributed by atoms with E-state index in [2.05, 4.69) is 11.9 Å². The molecular formula is C24H24ClNO5. The zero-order valence-electron chi connectivity index (χ0n) is 17.5. The van der Waals surface area contributed by atoms with Crippen molar-refractivity contribution in [3.63, 3.8) is 0 Å². The molecule has 162 valence electrons. The van der Waals surface area contributed by atoms with Gasteiger partial charge < -0.3 is 19.6 Å². The van der Waals surface area contributed by atoms with Crippen molar-refractivity contribution < 1.29 is 19.1 Å². The SMILES string of the molecule is C=C(C)COc1cc2oc(=O)c(CC(=O)NCCc3ccc(O)cc3)c(C)c2cc1Cl. The summed E-state index contributed by atoms with van der Waals surface area (Å²) in [4.78, 5) is 24.9. The molecule has 1 heterocycles. The van der Waals surface area contributed by atoms with Gasteiger partial charge in [-0.3, -0.25) is 4.79 Å². The second-order valence-electron chi connectivity index (χ2n) is 7.46. The quantitative estimate of drug-likeness (QED) is 0.401. The number of hydrogen-bond donors (Lipinski definition) is 2. The number of amides is 1. The number of rotatable bonds is 8. The number of phenolic OH excluding ortho intramolecular Hbond substituents is 1. The summed E-state index contributed by atoms with van der Waals surface area (Å²) in [6.45, 7) is 8.10. The predicted octanol–water partition coefficient (Wildman–Crippen LogP) is 4.32. The summed E-state index contributed by atoms with van der Waals surface area (Å²) in [6.07, 6.45) is 0.519. The molecule has 0 aliphatic carbocycles. The maximum atomic E-state index is 12.5. The van der Waals surface area contributed by atoms with E-state index in [1.165, 1.54) is 0 Å². The maximum Gasteiger partial charge on any atom is 0.340 e. The van der Waals surface area contributed by atoms with Crippen molar-refractivity contribution in [2.45, 2.75) is 26.7 Å². The monoisotopic (exact) mass is 441 g/mol. The van der Waals surface area contributed by atoms with Crippen LogP contribution in [0.4, 0.5) is 0 Å². The van der Waals surface area contributed by atoms with Gasteiger partial charge in [-0.1, -0.05) is 30.3 Å². The lowest BCUT2D eigenvalue weighted by atomic mass is 10.0. The average Bonchev–Trinajstić information content (AvgIpc) is 2.72. The van der Waals surface area contributed by atoms with Crippen LogP contribution in [0.25, 0.3) is 11.0 Å². The van der Waals surface area contributed by atoms with Crippen molar-refractivity contribution in [1.82, 2.24) is 5.32 Å². The van der Waals surface area contributed by atoms with Crippen molar-refractivity contribution in [1.29, 1.82) is 0 Å². The van der Waals surface area contributed by atoms with Crippen molar-refractivity contribution >= 4 is 28.5 Å². The van der Waals surface area contributed by atoms with Crippen molar-refractivity contribution in [3.05, 3.63) is 80.7 Å². The third-order valence-electron chi connectivity index (χ3n) is 4.82. The topological polar surface area (TPSA) is 88.8 Å². The Morgan fingerprint density at radius 3 is 2.65 bits per heavy atom. The highest BCUT2D eigenvalue weighted by atomic mass is 35.5. The first-order valence-electron chi connectivity index (χ1n) is 9.82. The number of halogens is 1. The van der Waals surface area contributed by atoms with Gasteiger partial charge in [0.1, 0.15) is 23.7 Å². The molecule has 0 spiro atoms. The summed E-state index contributed by atoms with van der Waals surface area (Å²) in [5.74, 6) is 0.321. The second-order valence-corrected chi connectivity index (χ2v) is 7.87. The van der Waals surface area contributed by atoms with Crippen LogP contribution in [0.1, 0.15) is 23.6 Å². The summed E-state index contributed by atoms with van der Waals surface area (Å²) in [5, 5.41) is 13.2. The highest BCUT2D eigenvalue weighted by Crippen LogP contribution is 2.32. The lowest BCUT2D eigenvalue weighted by molar-refractivity contribution is -0.120. The summed E-state index contributed by atoms with van der Waals surface area (Å²) < 4.78 is 11.0. The lowest BCUT2D eigenvalue weighted by Gasteiger charge is -2.12. The molecule has 6 nitrogen and oxygen atoms in total. The van der Waals surface area contributed by atoms with Crippen LogP contribution in [-0.2, 0) is 17.6 Å². The molecule has 1 aromatic heterocycles. The second kappa shape index (κ2) is 9.71. The van der Waals surface area contributed by atoms with Gasteiger partial charge in [0.2, 0.25) is 5.91 Å². The molecule has 2 aromatic carbocycles. The van der Waals surface area contributed by atoms with Gasteiger partial charge in [-0.2, -0.15) is 0 Å². The first-order chi connectivity index (χ1) is 14.7. The van der Waals surface area contributed by atoms with E-state index in [-0.39, 0.29) is 18.1 Å². The van der Waals surface area contributed by atoms with Crippen LogP contribution >= 0.6 is 11.6 Å². The van der Waals surface area contributed by atoms with Crippen LogP contribution in [-0.4, -0.2) is 24.2 Å². The van der Waals surface area contributed by atoms with Crippen LogP contribution in [0.3, 0.4) is 0 Å². The molecule has 0 saturated heterocycles. The summed E-state index contributed by atoms with van der Waals surface area (Å²) in [6, 6.07) is 10.0. The fourth-order valence-electron chi connectivity index (χ4n) is 3.14. The molecule has 0 atom stereocenters. The van der Waals surface area contributed by atoms with E-state index < -0.39 is 5.63 Å². The summed E-state index contributed by atoms with van der Waals surface area (Å²) in [7, 11) is 0. The number of ether oxygens (including phenoxy) is 1. The van der Waals surface area contributed by atoms with Crippen LogP contribution in [0.2, 0.25) is 5.02 Å². The molecule has 31 heavy (non-hydrogen) atoms.